The van der Waals surface area contributed by atoms with Crippen LogP contribution < -0.4 is 0 Å². The molecule has 0 aromatic heterocycles. The van der Waals surface area contributed by atoms with Crippen molar-refractivity contribution in [3.63, 3.8) is 0 Å². The van der Waals surface area contributed by atoms with Crippen LogP contribution in [0.2, 0.25) is 0 Å². The highest BCUT2D eigenvalue weighted by Gasteiger charge is 2.15. The quantitative estimate of drug-likeness (QED) is 0.277. The first kappa shape index (κ1) is 16.0. The molecule has 0 radical (unpaired) electrons. The highest BCUT2D eigenvalue weighted by molar-refractivity contribution is 5.75. The zero-order chi connectivity index (χ0) is 16.6. The van der Waals surface area contributed by atoms with Gasteiger partial charge in [0.1, 0.15) is 0 Å². The average Bonchev–Trinajstić information content (AvgIpc) is 2.64. The molecule has 3 aromatic carbocycles. The maximum absolute atomic E-state index is 12.2. The van der Waals surface area contributed by atoms with E-state index in [-0.39, 0.29) is 5.92 Å². The molecule has 0 N–H and O–H groups in total. The van der Waals surface area contributed by atoms with E-state index in [0.717, 1.165) is 16.7 Å². The van der Waals surface area contributed by atoms with Crippen molar-refractivity contribution < 1.29 is 4.74 Å². The Morgan fingerprint density at radius 1 is 0.708 bits per heavy atom. The van der Waals surface area contributed by atoms with Crippen molar-refractivity contribution in [3.05, 3.63) is 113 Å². The summed E-state index contributed by atoms with van der Waals surface area (Å²) in [6, 6.07) is 30.5. The summed E-state index contributed by atoms with van der Waals surface area (Å²) in [4.78, 5) is 0. The van der Waals surface area contributed by atoms with Crippen molar-refractivity contribution >= 4 is 6.21 Å². The molecule has 120 valence electrons. The summed E-state index contributed by atoms with van der Waals surface area (Å²) in [5.74, 6) is 0.230. The first-order chi connectivity index (χ1) is 11.8. The summed E-state index contributed by atoms with van der Waals surface area (Å²) in [6.45, 7) is 0.462. The summed E-state index contributed by atoms with van der Waals surface area (Å²) in [6.07, 6.45) is 2.44. The van der Waals surface area contributed by atoms with E-state index in [9.17, 15) is 5.21 Å². The van der Waals surface area contributed by atoms with Gasteiger partial charge < -0.3 is 5.21 Å². The van der Waals surface area contributed by atoms with E-state index in [1.54, 1.807) is 6.21 Å². The third-order valence-electron chi connectivity index (χ3n) is 4.13. The van der Waals surface area contributed by atoms with E-state index in [1.807, 2.05) is 42.5 Å². The smallest absolute Gasteiger partial charge is 0.181 e. The molecule has 0 aliphatic carbocycles. The third kappa shape index (κ3) is 4.32. The van der Waals surface area contributed by atoms with Gasteiger partial charge in [0.2, 0.25) is 0 Å². The molecule has 0 heterocycles. The fourth-order valence-electron chi connectivity index (χ4n) is 2.92. The summed E-state index contributed by atoms with van der Waals surface area (Å²) >= 11 is 0. The van der Waals surface area contributed by atoms with Crippen molar-refractivity contribution in [3.8, 4) is 0 Å². The molecule has 0 saturated carbocycles. The molecule has 0 bridgehead atoms. The molecule has 24 heavy (non-hydrogen) atoms. The number of benzene rings is 3. The molecule has 0 unspecified atom stereocenters. The minimum atomic E-state index is 0.230. The van der Waals surface area contributed by atoms with Crippen LogP contribution in [-0.4, -0.2) is 17.5 Å². The van der Waals surface area contributed by atoms with Crippen LogP contribution in [0.15, 0.2) is 91.0 Å². The van der Waals surface area contributed by atoms with Crippen LogP contribution in [0.1, 0.15) is 29.0 Å². The molecule has 0 aliphatic rings. The lowest BCUT2D eigenvalue weighted by molar-refractivity contribution is -0.453. The highest BCUT2D eigenvalue weighted by atomic mass is 16.5. The van der Waals surface area contributed by atoms with Crippen molar-refractivity contribution in [1.82, 2.24) is 0 Å². The Balaban J connectivity index is 1.77. The fourth-order valence-corrected chi connectivity index (χ4v) is 2.92. The van der Waals surface area contributed by atoms with Gasteiger partial charge in [-0.2, -0.15) is 0 Å². The predicted octanol–water partition coefficient (Wildman–Crippen LogP) is 4.84. The largest absolute Gasteiger partial charge is 0.624 e. The first-order valence-corrected chi connectivity index (χ1v) is 8.26. The van der Waals surface area contributed by atoms with Gasteiger partial charge in [-0.1, -0.05) is 78.9 Å². The second-order valence-corrected chi connectivity index (χ2v) is 5.84. The Kier molecular flexibility index (Phi) is 5.41. The summed E-state index contributed by atoms with van der Waals surface area (Å²) in [7, 11) is 0. The van der Waals surface area contributed by atoms with Crippen LogP contribution in [0.4, 0.5) is 0 Å². The monoisotopic (exact) mass is 315 g/mol. The van der Waals surface area contributed by atoms with E-state index < -0.39 is 0 Å². The number of rotatable bonds is 6. The molecule has 0 fully saturated rings. The number of nitrogens with zero attached hydrogens (tertiary/aromatic N) is 1. The van der Waals surface area contributed by atoms with Gasteiger partial charge in [-0.25, -0.2) is 4.74 Å². The van der Waals surface area contributed by atoms with Crippen LogP contribution in [-0.2, 0) is 0 Å². The number of hydrogen-bond acceptors (Lipinski definition) is 1. The van der Waals surface area contributed by atoms with Crippen LogP contribution in [0.5, 0.6) is 0 Å². The molecule has 0 spiro atoms. The normalized spacial score (nSPS) is 11.6. The van der Waals surface area contributed by atoms with Gasteiger partial charge in [0.15, 0.2) is 12.8 Å². The molecule has 3 aromatic rings. The van der Waals surface area contributed by atoms with Gasteiger partial charge in [-0.05, 0) is 23.3 Å². The van der Waals surface area contributed by atoms with Gasteiger partial charge in [-0.15, -0.1) is 0 Å². The maximum atomic E-state index is 12.2. The molecular weight excluding hydrogens is 294 g/mol. The minimum absolute atomic E-state index is 0.230. The summed E-state index contributed by atoms with van der Waals surface area (Å²) < 4.78 is 1.04. The number of hydrogen-bond donors (Lipinski definition) is 0. The van der Waals surface area contributed by atoms with E-state index in [2.05, 4.69) is 48.5 Å². The molecule has 0 aliphatic heterocycles. The molecule has 0 atom stereocenters. The lowest BCUT2D eigenvalue weighted by Gasteiger charge is -2.17. The van der Waals surface area contributed by atoms with E-state index in [0.29, 0.717) is 6.54 Å². The average molecular weight is 315 g/mol. The molecule has 3 rings (SSSR count). The standard InChI is InChI=1S/C22H21NO/c24-23(18-19-10-4-1-5-11-19)17-16-22(20-12-6-2-7-13-20)21-14-8-3-9-15-21/h1-15,18,22H,16-17H2. The summed E-state index contributed by atoms with van der Waals surface area (Å²) in [5.41, 5.74) is 3.43. The van der Waals surface area contributed by atoms with Crippen molar-refractivity contribution in [2.75, 3.05) is 6.54 Å². The van der Waals surface area contributed by atoms with Crippen molar-refractivity contribution in [2.24, 2.45) is 0 Å². The second kappa shape index (κ2) is 8.11. The zero-order valence-electron chi connectivity index (χ0n) is 13.6. The molecule has 2 heteroatoms. The van der Waals surface area contributed by atoms with Gasteiger partial charge >= 0.3 is 0 Å². The Hall–Kier alpha value is -2.87. The Bertz CT molecular complexity index is 727. The first-order valence-electron chi connectivity index (χ1n) is 8.26. The van der Waals surface area contributed by atoms with Crippen LogP contribution in [0.3, 0.4) is 0 Å². The SMILES string of the molecule is [O-][N+](=Cc1ccccc1)CCC(c1ccccc1)c1ccccc1. The third-order valence-corrected chi connectivity index (χ3v) is 4.13. The van der Waals surface area contributed by atoms with Crippen LogP contribution >= 0.6 is 0 Å². The molecular formula is C22H21NO. The molecule has 0 saturated heterocycles. The molecule has 2 nitrogen and oxygen atoms in total. The van der Waals surface area contributed by atoms with E-state index in [1.165, 1.54) is 11.1 Å². The lowest BCUT2D eigenvalue weighted by atomic mass is 9.88. The topological polar surface area (TPSA) is 26.1 Å². The van der Waals surface area contributed by atoms with Gasteiger partial charge in [0, 0.05) is 17.9 Å². The van der Waals surface area contributed by atoms with Gasteiger partial charge in [-0.3, -0.25) is 0 Å². The molecule has 0 amide bonds. The van der Waals surface area contributed by atoms with Gasteiger partial charge in [0.25, 0.3) is 0 Å². The van der Waals surface area contributed by atoms with E-state index >= 15 is 0 Å². The predicted molar refractivity (Wildman–Crippen MR) is 99.4 cm³/mol. The second-order valence-electron chi connectivity index (χ2n) is 5.84. The summed E-state index contributed by atoms with van der Waals surface area (Å²) in [5, 5.41) is 12.2. The van der Waals surface area contributed by atoms with Crippen LogP contribution in [0.25, 0.3) is 0 Å². The lowest BCUT2D eigenvalue weighted by Crippen LogP contribution is -2.12. The van der Waals surface area contributed by atoms with Crippen molar-refractivity contribution in [1.29, 1.82) is 0 Å². The zero-order valence-corrected chi connectivity index (χ0v) is 13.6. The Morgan fingerprint density at radius 2 is 1.17 bits per heavy atom. The maximum Gasteiger partial charge on any atom is 0.181 e. The van der Waals surface area contributed by atoms with Crippen LogP contribution in [0, 0.1) is 5.21 Å². The number of hydroxylamine groups is 1. The minimum Gasteiger partial charge on any atom is -0.624 e. The van der Waals surface area contributed by atoms with Crippen molar-refractivity contribution in [2.45, 2.75) is 12.3 Å². The Morgan fingerprint density at radius 3 is 1.67 bits per heavy atom. The van der Waals surface area contributed by atoms with E-state index in [4.69, 9.17) is 0 Å². The highest BCUT2D eigenvalue weighted by Crippen LogP contribution is 2.27. The fraction of sp³-hybridized carbons (Fsp3) is 0.136. The van der Waals surface area contributed by atoms with Gasteiger partial charge in [0.05, 0.1) is 0 Å². The Labute approximate surface area is 143 Å².